The second-order valence-electron chi connectivity index (χ2n) is 5.31. The van der Waals surface area contributed by atoms with E-state index in [9.17, 15) is 4.79 Å². The van der Waals surface area contributed by atoms with Crippen LogP contribution in [-0.4, -0.2) is 17.5 Å². The topological polar surface area (TPSA) is 17.1 Å². The van der Waals surface area contributed by atoms with Crippen molar-refractivity contribution in [3.05, 3.63) is 70.8 Å². The van der Waals surface area contributed by atoms with Crippen molar-refractivity contribution in [1.82, 2.24) is 0 Å². The zero-order valence-corrected chi connectivity index (χ0v) is 14.0. The van der Waals surface area contributed by atoms with Crippen molar-refractivity contribution in [3.63, 3.8) is 0 Å². The summed E-state index contributed by atoms with van der Waals surface area (Å²) in [5.41, 5.74) is 3.88. The van der Waals surface area contributed by atoms with Crippen LogP contribution >= 0.6 is 23.2 Å². The van der Waals surface area contributed by atoms with Crippen molar-refractivity contribution in [2.45, 2.75) is 25.7 Å². The number of alkyl halides is 2. The van der Waals surface area contributed by atoms with Crippen LogP contribution in [0.4, 0.5) is 0 Å². The molecule has 2 rings (SSSR count). The summed E-state index contributed by atoms with van der Waals surface area (Å²) in [4.78, 5) is 12.5. The van der Waals surface area contributed by atoms with Crippen LogP contribution in [-0.2, 0) is 12.8 Å². The van der Waals surface area contributed by atoms with Gasteiger partial charge in [-0.25, -0.2) is 0 Å². The largest absolute Gasteiger partial charge is 0.289 e. The van der Waals surface area contributed by atoms with Crippen molar-refractivity contribution in [2.75, 3.05) is 11.8 Å². The van der Waals surface area contributed by atoms with Crippen LogP contribution in [0.25, 0.3) is 0 Å². The maximum absolute atomic E-state index is 12.5. The fourth-order valence-corrected chi connectivity index (χ4v) is 2.62. The van der Waals surface area contributed by atoms with Gasteiger partial charge in [0.2, 0.25) is 0 Å². The molecule has 116 valence electrons. The first-order valence-electron chi connectivity index (χ1n) is 7.59. The molecule has 0 saturated heterocycles. The van der Waals surface area contributed by atoms with E-state index in [1.54, 1.807) is 0 Å². The Bertz CT molecular complexity index is 534. The Labute approximate surface area is 142 Å². The Morgan fingerprint density at radius 2 is 1.05 bits per heavy atom. The molecule has 0 atom stereocenters. The summed E-state index contributed by atoms with van der Waals surface area (Å²) in [6, 6.07) is 15.6. The van der Waals surface area contributed by atoms with Crippen molar-refractivity contribution in [3.8, 4) is 0 Å². The molecule has 0 radical (unpaired) electrons. The van der Waals surface area contributed by atoms with Gasteiger partial charge in [-0.3, -0.25) is 4.79 Å². The number of hydrogen-bond donors (Lipinski definition) is 0. The molecule has 0 fully saturated rings. The molecule has 0 heterocycles. The van der Waals surface area contributed by atoms with Crippen LogP contribution in [0.2, 0.25) is 0 Å². The van der Waals surface area contributed by atoms with E-state index in [1.165, 1.54) is 11.1 Å². The van der Waals surface area contributed by atoms with E-state index in [0.717, 1.165) is 36.8 Å². The molecule has 0 amide bonds. The van der Waals surface area contributed by atoms with Gasteiger partial charge in [0, 0.05) is 22.9 Å². The number of ketones is 1. The quantitative estimate of drug-likeness (QED) is 0.475. The van der Waals surface area contributed by atoms with E-state index in [2.05, 4.69) is 0 Å². The highest BCUT2D eigenvalue weighted by Gasteiger charge is 2.08. The van der Waals surface area contributed by atoms with Crippen molar-refractivity contribution in [1.29, 1.82) is 0 Å². The van der Waals surface area contributed by atoms with E-state index in [1.807, 2.05) is 48.5 Å². The third kappa shape index (κ3) is 4.86. The van der Waals surface area contributed by atoms with Gasteiger partial charge in [-0.1, -0.05) is 48.5 Å². The lowest BCUT2D eigenvalue weighted by Gasteiger charge is -2.05. The molecular formula is C19H20Cl2O. The molecule has 0 bridgehead atoms. The molecule has 0 aliphatic carbocycles. The van der Waals surface area contributed by atoms with Crippen LogP contribution in [0.5, 0.6) is 0 Å². The predicted octanol–water partition coefficient (Wildman–Crippen LogP) is 5.26. The summed E-state index contributed by atoms with van der Waals surface area (Å²) in [5, 5.41) is 0. The maximum atomic E-state index is 12.5. The second-order valence-corrected chi connectivity index (χ2v) is 6.06. The summed E-state index contributed by atoms with van der Waals surface area (Å²) < 4.78 is 0. The van der Waals surface area contributed by atoms with Crippen LogP contribution in [0.3, 0.4) is 0 Å². The number of hydrogen-bond acceptors (Lipinski definition) is 1. The normalized spacial score (nSPS) is 10.6. The number of rotatable bonds is 8. The highest BCUT2D eigenvalue weighted by Crippen LogP contribution is 2.14. The Balaban J connectivity index is 2.04. The molecule has 2 aromatic carbocycles. The summed E-state index contributed by atoms with van der Waals surface area (Å²) in [6.07, 6.45) is 3.82. The average Bonchev–Trinajstić information content (AvgIpc) is 2.58. The summed E-state index contributed by atoms with van der Waals surface area (Å²) in [7, 11) is 0. The number of carbonyl (C=O) groups excluding carboxylic acids is 1. The summed E-state index contributed by atoms with van der Waals surface area (Å²) >= 11 is 11.4. The second kappa shape index (κ2) is 8.97. The Morgan fingerprint density at radius 1 is 0.682 bits per heavy atom. The highest BCUT2D eigenvalue weighted by atomic mass is 35.5. The molecule has 0 aliphatic heterocycles. The maximum Gasteiger partial charge on any atom is 0.193 e. The highest BCUT2D eigenvalue weighted by molar-refractivity contribution is 6.18. The lowest BCUT2D eigenvalue weighted by Crippen LogP contribution is -2.02. The number of benzene rings is 2. The number of halogens is 2. The van der Waals surface area contributed by atoms with Gasteiger partial charge in [-0.05, 0) is 36.8 Å². The Hall–Kier alpha value is -1.31. The molecular weight excluding hydrogens is 315 g/mol. The predicted molar refractivity (Wildman–Crippen MR) is 94.4 cm³/mol. The van der Waals surface area contributed by atoms with Crippen LogP contribution in [0.15, 0.2) is 48.5 Å². The monoisotopic (exact) mass is 334 g/mol. The molecule has 3 heteroatoms. The number of carbonyl (C=O) groups is 1. The first kappa shape index (κ1) is 17.1. The van der Waals surface area contributed by atoms with E-state index in [0.29, 0.717) is 11.8 Å². The van der Waals surface area contributed by atoms with Crippen LogP contribution < -0.4 is 0 Å². The summed E-state index contributed by atoms with van der Waals surface area (Å²) in [6.45, 7) is 0. The Morgan fingerprint density at radius 3 is 1.36 bits per heavy atom. The van der Waals surface area contributed by atoms with Crippen LogP contribution in [0.1, 0.15) is 39.9 Å². The Kier molecular flexibility index (Phi) is 6.95. The molecule has 0 aromatic heterocycles. The van der Waals surface area contributed by atoms with Gasteiger partial charge in [0.25, 0.3) is 0 Å². The van der Waals surface area contributed by atoms with Gasteiger partial charge in [0.1, 0.15) is 0 Å². The zero-order valence-electron chi connectivity index (χ0n) is 12.5. The molecule has 22 heavy (non-hydrogen) atoms. The van der Waals surface area contributed by atoms with E-state index in [4.69, 9.17) is 23.2 Å². The van der Waals surface area contributed by atoms with Crippen molar-refractivity contribution >= 4 is 29.0 Å². The van der Waals surface area contributed by atoms with E-state index in [-0.39, 0.29) is 5.78 Å². The molecule has 0 saturated carbocycles. The van der Waals surface area contributed by atoms with Gasteiger partial charge in [0.05, 0.1) is 0 Å². The molecule has 0 aliphatic rings. The minimum absolute atomic E-state index is 0.0628. The fraction of sp³-hybridized carbons (Fsp3) is 0.316. The van der Waals surface area contributed by atoms with Crippen LogP contribution in [0, 0.1) is 0 Å². The number of aryl methyl sites for hydroxylation is 2. The van der Waals surface area contributed by atoms with Gasteiger partial charge >= 0.3 is 0 Å². The molecule has 0 unspecified atom stereocenters. The SMILES string of the molecule is O=C(c1ccc(CCCCl)cc1)c1ccc(CCCCl)cc1. The zero-order chi connectivity index (χ0) is 15.8. The third-order valence-electron chi connectivity index (χ3n) is 3.63. The van der Waals surface area contributed by atoms with Gasteiger partial charge in [0.15, 0.2) is 5.78 Å². The standard InChI is InChI=1S/C19H20Cl2O/c20-13-1-3-15-5-9-17(10-6-15)19(22)18-11-7-16(8-12-18)4-2-14-21/h5-12H,1-4,13-14H2. The first-order valence-corrected chi connectivity index (χ1v) is 8.66. The first-order chi connectivity index (χ1) is 10.7. The minimum Gasteiger partial charge on any atom is -0.289 e. The van der Waals surface area contributed by atoms with E-state index < -0.39 is 0 Å². The average molecular weight is 335 g/mol. The van der Waals surface area contributed by atoms with Gasteiger partial charge in [-0.2, -0.15) is 0 Å². The van der Waals surface area contributed by atoms with Gasteiger partial charge < -0.3 is 0 Å². The molecule has 0 spiro atoms. The van der Waals surface area contributed by atoms with E-state index >= 15 is 0 Å². The van der Waals surface area contributed by atoms with Crippen molar-refractivity contribution < 1.29 is 4.79 Å². The van der Waals surface area contributed by atoms with Gasteiger partial charge in [-0.15, -0.1) is 23.2 Å². The third-order valence-corrected chi connectivity index (χ3v) is 4.16. The molecule has 1 nitrogen and oxygen atoms in total. The van der Waals surface area contributed by atoms with Crippen molar-refractivity contribution in [2.24, 2.45) is 0 Å². The molecule has 2 aromatic rings. The fourth-order valence-electron chi connectivity index (χ4n) is 2.35. The smallest absolute Gasteiger partial charge is 0.193 e. The lowest BCUT2D eigenvalue weighted by atomic mass is 9.99. The minimum atomic E-state index is 0.0628. The molecule has 0 N–H and O–H groups in total. The summed E-state index contributed by atoms with van der Waals surface area (Å²) in [5.74, 6) is 1.39. The lowest BCUT2D eigenvalue weighted by molar-refractivity contribution is 0.103.